The van der Waals surface area contributed by atoms with Crippen molar-refractivity contribution in [2.75, 3.05) is 0 Å². The highest BCUT2D eigenvalue weighted by Gasteiger charge is 2.02. The van der Waals surface area contributed by atoms with Crippen molar-refractivity contribution in [3.8, 4) is 5.75 Å². The summed E-state index contributed by atoms with van der Waals surface area (Å²) in [5.74, 6) is 0.0127. The first kappa shape index (κ1) is 6.86. The Morgan fingerprint density at radius 3 is 2.80 bits per heavy atom. The van der Waals surface area contributed by atoms with Crippen LogP contribution in [0.25, 0.3) is 0 Å². The van der Waals surface area contributed by atoms with Gasteiger partial charge in [0.2, 0.25) is 0 Å². The van der Waals surface area contributed by atoms with E-state index in [0.717, 1.165) is 0 Å². The van der Waals surface area contributed by atoms with Gasteiger partial charge < -0.3 is 9.52 Å². The lowest BCUT2D eigenvalue weighted by atomic mass is 10.2. The maximum atomic E-state index is 10.7. The van der Waals surface area contributed by atoms with Crippen LogP contribution < -0.4 is 5.63 Å². The molecule has 54 valence electrons. The van der Waals surface area contributed by atoms with E-state index < -0.39 is 5.63 Å². The molecule has 0 spiro atoms. The molecule has 0 atom stereocenters. The molecule has 1 aromatic rings. The fraction of sp³-hybridized carbons (Fsp3) is 0.286. The third-order valence-corrected chi connectivity index (χ3v) is 1.31. The lowest BCUT2D eigenvalue weighted by Crippen LogP contribution is -2.04. The van der Waals surface area contributed by atoms with Crippen LogP contribution in [0.2, 0.25) is 0 Å². The van der Waals surface area contributed by atoms with E-state index in [1.807, 2.05) is 0 Å². The SMILES string of the molecule is CCc1c(O)ccoc1=O. The predicted molar refractivity (Wildman–Crippen MR) is 36.0 cm³/mol. The van der Waals surface area contributed by atoms with Gasteiger partial charge in [0.15, 0.2) is 0 Å². The molecular weight excluding hydrogens is 132 g/mol. The molecule has 0 aromatic carbocycles. The molecule has 0 saturated heterocycles. The summed E-state index contributed by atoms with van der Waals surface area (Å²) in [6, 6.07) is 1.36. The Bertz CT molecular complexity index is 274. The second kappa shape index (κ2) is 2.56. The summed E-state index contributed by atoms with van der Waals surface area (Å²) < 4.78 is 4.51. The van der Waals surface area contributed by atoms with Gasteiger partial charge in [-0.05, 0) is 6.42 Å². The maximum absolute atomic E-state index is 10.7. The lowest BCUT2D eigenvalue weighted by Gasteiger charge is -1.95. The van der Waals surface area contributed by atoms with E-state index in [2.05, 4.69) is 4.42 Å². The minimum atomic E-state index is -0.456. The third-order valence-electron chi connectivity index (χ3n) is 1.31. The van der Waals surface area contributed by atoms with Gasteiger partial charge in [-0.25, -0.2) is 4.79 Å². The molecule has 3 heteroatoms. The predicted octanol–water partition coefficient (Wildman–Crippen LogP) is 0.908. The molecule has 1 N–H and O–H groups in total. The Kier molecular flexibility index (Phi) is 1.76. The molecule has 0 aliphatic heterocycles. The Hall–Kier alpha value is -1.25. The van der Waals surface area contributed by atoms with Crippen molar-refractivity contribution >= 4 is 0 Å². The average Bonchev–Trinajstić information content (AvgIpc) is 1.88. The van der Waals surface area contributed by atoms with E-state index >= 15 is 0 Å². The highest BCUT2D eigenvalue weighted by atomic mass is 16.4. The van der Waals surface area contributed by atoms with E-state index in [-0.39, 0.29) is 5.75 Å². The average molecular weight is 140 g/mol. The van der Waals surface area contributed by atoms with Crippen LogP contribution in [-0.4, -0.2) is 5.11 Å². The number of rotatable bonds is 1. The molecule has 0 amide bonds. The van der Waals surface area contributed by atoms with Gasteiger partial charge in [-0.2, -0.15) is 0 Å². The molecule has 0 aliphatic rings. The van der Waals surface area contributed by atoms with Crippen LogP contribution >= 0.6 is 0 Å². The maximum Gasteiger partial charge on any atom is 0.342 e. The molecule has 1 rings (SSSR count). The van der Waals surface area contributed by atoms with Gasteiger partial charge in [0.1, 0.15) is 5.75 Å². The van der Waals surface area contributed by atoms with Crippen molar-refractivity contribution < 1.29 is 9.52 Å². The Morgan fingerprint density at radius 1 is 1.70 bits per heavy atom. The first-order valence-corrected chi connectivity index (χ1v) is 3.05. The summed E-state index contributed by atoms with van der Waals surface area (Å²) in [7, 11) is 0. The zero-order chi connectivity index (χ0) is 7.56. The largest absolute Gasteiger partial charge is 0.507 e. The molecule has 3 nitrogen and oxygen atoms in total. The van der Waals surface area contributed by atoms with Gasteiger partial charge in [-0.1, -0.05) is 6.92 Å². The van der Waals surface area contributed by atoms with Gasteiger partial charge in [-0.15, -0.1) is 0 Å². The number of hydrogen-bond acceptors (Lipinski definition) is 3. The zero-order valence-electron chi connectivity index (χ0n) is 5.63. The zero-order valence-corrected chi connectivity index (χ0v) is 5.63. The van der Waals surface area contributed by atoms with Crippen LogP contribution in [0.4, 0.5) is 0 Å². The lowest BCUT2D eigenvalue weighted by molar-refractivity contribution is 0.436. The quantitative estimate of drug-likeness (QED) is 0.630. The molecule has 0 saturated carbocycles. The van der Waals surface area contributed by atoms with Crippen LogP contribution in [0.15, 0.2) is 21.5 Å². The van der Waals surface area contributed by atoms with Gasteiger partial charge in [0.25, 0.3) is 0 Å². The van der Waals surface area contributed by atoms with Crippen molar-refractivity contribution in [1.82, 2.24) is 0 Å². The Balaban J connectivity index is 3.31. The minimum absolute atomic E-state index is 0.0127. The fourth-order valence-corrected chi connectivity index (χ4v) is 0.762. The van der Waals surface area contributed by atoms with Gasteiger partial charge in [-0.3, -0.25) is 0 Å². The van der Waals surface area contributed by atoms with E-state index in [9.17, 15) is 4.79 Å². The molecule has 0 bridgehead atoms. The summed E-state index contributed by atoms with van der Waals surface area (Å²) in [6.07, 6.45) is 1.67. The molecule has 1 heterocycles. The van der Waals surface area contributed by atoms with Crippen LogP contribution in [0, 0.1) is 0 Å². The smallest absolute Gasteiger partial charge is 0.342 e. The molecule has 0 radical (unpaired) electrons. The van der Waals surface area contributed by atoms with Crippen molar-refractivity contribution in [3.63, 3.8) is 0 Å². The number of hydrogen-bond donors (Lipinski definition) is 1. The second-order valence-corrected chi connectivity index (χ2v) is 1.93. The second-order valence-electron chi connectivity index (χ2n) is 1.93. The van der Waals surface area contributed by atoms with Crippen molar-refractivity contribution in [2.45, 2.75) is 13.3 Å². The third kappa shape index (κ3) is 1.03. The van der Waals surface area contributed by atoms with Crippen molar-refractivity contribution in [2.24, 2.45) is 0 Å². The van der Waals surface area contributed by atoms with E-state index in [1.165, 1.54) is 12.3 Å². The molecule has 0 unspecified atom stereocenters. The standard InChI is InChI=1S/C7H8O3/c1-2-5-6(8)3-4-10-7(5)9/h3-4,8H,2H2,1H3. The Morgan fingerprint density at radius 2 is 2.40 bits per heavy atom. The van der Waals surface area contributed by atoms with Crippen LogP contribution in [0.1, 0.15) is 12.5 Å². The normalized spacial score (nSPS) is 9.70. The minimum Gasteiger partial charge on any atom is -0.507 e. The van der Waals surface area contributed by atoms with E-state index in [0.29, 0.717) is 12.0 Å². The van der Waals surface area contributed by atoms with E-state index in [4.69, 9.17) is 5.11 Å². The van der Waals surface area contributed by atoms with Gasteiger partial charge >= 0.3 is 5.63 Å². The molecule has 10 heavy (non-hydrogen) atoms. The van der Waals surface area contributed by atoms with Crippen LogP contribution in [0.5, 0.6) is 5.75 Å². The summed E-state index contributed by atoms with van der Waals surface area (Å²) in [6.45, 7) is 1.78. The summed E-state index contributed by atoms with van der Waals surface area (Å²) >= 11 is 0. The monoisotopic (exact) mass is 140 g/mol. The molecular formula is C7H8O3. The highest BCUT2D eigenvalue weighted by Crippen LogP contribution is 2.10. The first-order valence-electron chi connectivity index (χ1n) is 3.05. The molecule has 1 aromatic heterocycles. The fourth-order valence-electron chi connectivity index (χ4n) is 0.762. The van der Waals surface area contributed by atoms with Crippen LogP contribution in [-0.2, 0) is 6.42 Å². The first-order chi connectivity index (χ1) is 4.75. The topological polar surface area (TPSA) is 50.4 Å². The summed E-state index contributed by atoms with van der Waals surface area (Å²) in [5, 5.41) is 9.03. The highest BCUT2D eigenvalue weighted by molar-refractivity contribution is 5.26. The molecule has 0 fully saturated rings. The van der Waals surface area contributed by atoms with Crippen molar-refractivity contribution in [3.05, 3.63) is 28.3 Å². The van der Waals surface area contributed by atoms with Gasteiger partial charge in [0, 0.05) is 6.07 Å². The van der Waals surface area contributed by atoms with Crippen LogP contribution in [0.3, 0.4) is 0 Å². The summed E-state index contributed by atoms with van der Waals surface area (Å²) in [4.78, 5) is 10.7. The van der Waals surface area contributed by atoms with Gasteiger partial charge in [0.05, 0.1) is 11.8 Å². The molecule has 0 aliphatic carbocycles. The van der Waals surface area contributed by atoms with E-state index in [1.54, 1.807) is 6.92 Å². The Labute approximate surface area is 57.9 Å². The number of aromatic hydroxyl groups is 1. The van der Waals surface area contributed by atoms with Crippen molar-refractivity contribution in [1.29, 1.82) is 0 Å². The summed E-state index contributed by atoms with van der Waals surface area (Å²) in [5.41, 5.74) is -0.120.